The van der Waals surface area contributed by atoms with E-state index in [-0.39, 0.29) is 24.4 Å². The van der Waals surface area contributed by atoms with Gasteiger partial charge in [-0.05, 0) is 44.2 Å². The van der Waals surface area contributed by atoms with E-state index >= 15 is 0 Å². The molecule has 0 N–H and O–H groups in total. The van der Waals surface area contributed by atoms with Crippen LogP contribution < -0.4 is 0 Å². The summed E-state index contributed by atoms with van der Waals surface area (Å²) in [7, 11) is 0. The normalized spacial score (nSPS) is 17.7. The Morgan fingerprint density at radius 3 is 2.89 bits per heavy atom. The maximum atomic E-state index is 12.7. The van der Waals surface area contributed by atoms with Gasteiger partial charge in [-0.3, -0.25) is 4.79 Å². The van der Waals surface area contributed by atoms with E-state index in [9.17, 15) is 4.79 Å². The zero-order valence-electron chi connectivity index (χ0n) is 11.6. The highest BCUT2D eigenvalue weighted by Gasteiger charge is 2.30. The summed E-state index contributed by atoms with van der Waals surface area (Å²) < 4.78 is 0. The molecule has 0 aliphatic heterocycles. The number of nitriles is 1. The van der Waals surface area contributed by atoms with E-state index in [2.05, 4.69) is 18.2 Å². The van der Waals surface area contributed by atoms with Gasteiger partial charge in [-0.1, -0.05) is 24.3 Å². The first-order chi connectivity index (χ1) is 9.15. The fraction of sp³-hybridized carbons (Fsp3) is 0.500. The number of carbonyl (C=O) groups excluding carboxylic acids is 1. The van der Waals surface area contributed by atoms with Gasteiger partial charge in [0.25, 0.3) is 0 Å². The quantitative estimate of drug-likeness (QED) is 0.780. The van der Waals surface area contributed by atoms with Crippen molar-refractivity contribution in [3.05, 3.63) is 35.4 Å². The number of hydrogen-bond acceptors (Lipinski definition) is 2. The van der Waals surface area contributed by atoms with E-state index < -0.39 is 0 Å². The van der Waals surface area contributed by atoms with Crippen LogP contribution >= 0.6 is 0 Å². The average molecular weight is 256 g/mol. The molecule has 1 aromatic carbocycles. The molecule has 3 heteroatoms. The van der Waals surface area contributed by atoms with Crippen molar-refractivity contribution in [1.82, 2.24) is 4.90 Å². The molecule has 2 rings (SSSR count). The van der Waals surface area contributed by atoms with Crippen LogP contribution in [0.25, 0.3) is 0 Å². The molecule has 1 aromatic rings. The minimum Gasteiger partial charge on any atom is -0.326 e. The van der Waals surface area contributed by atoms with Gasteiger partial charge in [-0.2, -0.15) is 5.26 Å². The van der Waals surface area contributed by atoms with Crippen LogP contribution in [0.3, 0.4) is 0 Å². The van der Waals surface area contributed by atoms with Crippen LogP contribution in [-0.2, 0) is 11.2 Å². The summed E-state index contributed by atoms with van der Waals surface area (Å²) in [6.07, 6.45) is 3.00. The molecule has 0 radical (unpaired) electrons. The van der Waals surface area contributed by atoms with Crippen molar-refractivity contribution in [1.29, 1.82) is 5.26 Å². The molecule has 0 saturated heterocycles. The Morgan fingerprint density at radius 2 is 2.21 bits per heavy atom. The smallest absolute Gasteiger partial charge is 0.231 e. The highest BCUT2D eigenvalue weighted by atomic mass is 16.2. The van der Waals surface area contributed by atoms with E-state index in [0.717, 1.165) is 24.8 Å². The van der Waals surface area contributed by atoms with Crippen molar-refractivity contribution in [3.8, 4) is 6.07 Å². The van der Waals surface area contributed by atoms with Gasteiger partial charge in [-0.15, -0.1) is 0 Å². The highest BCUT2D eigenvalue weighted by Crippen LogP contribution is 2.33. The van der Waals surface area contributed by atoms with Crippen LogP contribution in [0.15, 0.2) is 24.3 Å². The van der Waals surface area contributed by atoms with Crippen molar-refractivity contribution in [2.24, 2.45) is 0 Å². The van der Waals surface area contributed by atoms with Crippen molar-refractivity contribution in [2.45, 2.75) is 45.1 Å². The molecule has 1 aliphatic rings. The fourth-order valence-corrected chi connectivity index (χ4v) is 2.80. The van der Waals surface area contributed by atoms with E-state index in [1.54, 1.807) is 4.90 Å². The summed E-state index contributed by atoms with van der Waals surface area (Å²) >= 11 is 0. The van der Waals surface area contributed by atoms with E-state index in [0.29, 0.717) is 0 Å². The molecule has 0 bridgehead atoms. The number of fused-ring (bicyclic) bond motifs is 1. The Labute approximate surface area is 114 Å². The summed E-state index contributed by atoms with van der Waals surface area (Å²) in [5.41, 5.74) is 2.44. The monoisotopic (exact) mass is 256 g/mol. The number of aryl methyl sites for hydroxylation is 1. The summed E-state index contributed by atoms with van der Waals surface area (Å²) in [6.45, 7) is 4.10. The molecule has 0 saturated carbocycles. The maximum Gasteiger partial charge on any atom is 0.231 e. The summed E-state index contributed by atoms with van der Waals surface area (Å²) in [5, 5.41) is 8.88. The molecular weight excluding hydrogens is 236 g/mol. The molecule has 19 heavy (non-hydrogen) atoms. The Balaban J connectivity index is 2.28. The summed E-state index contributed by atoms with van der Waals surface area (Å²) in [4.78, 5) is 14.4. The zero-order chi connectivity index (χ0) is 13.8. The van der Waals surface area contributed by atoms with E-state index in [1.165, 1.54) is 5.56 Å². The SMILES string of the molecule is CC(C)N(CC#N)C(=O)C1CCCc2ccccc21. The number of rotatable bonds is 3. The Bertz CT molecular complexity index is 502. The van der Waals surface area contributed by atoms with Gasteiger partial charge in [-0.25, -0.2) is 0 Å². The van der Waals surface area contributed by atoms with Gasteiger partial charge in [0, 0.05) is 6.04 Å². The lowest BCUT2D eigenvalue weighted by Crippen LogP contribution is -2.41. The van der Waals surface area contributed by atoms with Gasteiger partial charge < -0.3 is 4.90 Å². The number of benzene rings is 1. The second-order valence-electron chi connectivity index (χ2n) is 5.36. The van der Waals surface area contributed by atoms with Crippen LogP contribution in [-0.4, -0.2) is 23.4 Å². The van der Waals surface area contributed by atoms with Crippen LogP contribution in [0, 0.1) is 11.3 Å². The molecule has 0 fully saturated rings. The molecule has 1 atom stereocenters. The van der Waals surface area contributed by atoms with Crippen LogP contribution in [0.2, 0.25) is 0 Å². The molecule has 0 spiro atoms. The van der Waals surface area contributed by atoms with Crippen LogP contribution in [0.1, 0.15) is 43.7 Å². The summed E-state index contributed by atoms with van der Waals surface area (Å²) in [5.74, 6) is 0.0319. The topological polar surface area (TPSA) is 44.1 Å². The maximum absolute atomic E-state index is 12.7. The Kier molecular flexibility index (Phi) is 4.21. The van der Waals surface area contributed by atoms with Gasteiger partial charge in [0.05, 0.1) is 12.0 Å². The second-order valence-corrected chi connectivity index (χ2v) is 5.36. The Hall–Kier alpha value is -1.82. The third-order valence-corrected chi connectivity index (χ3v) is 3.81. The molecule has 1 amide bonds. The first-order valence-corrected chi connectivity index (χ1v) is 6.90. The Morgan fingerprint density at radius 1 is 1.47 bits per heavy atom. The highest BCUT2D eigenvalue weighted by molar-refractivity contribution is 5.85. The lowest BCUT2D eigenvalue weighted by atomic mass is 9.82. The minimum atomic E-state index is -0.0688. The zero-order valence-corrected chi connectivity index (χ0v) is 11.6. The van der Waals surface area contributed by atoms with E-state index in [4.69, 9.17) is 5.26 Å². The third kappa shape index (κ3) is 2.78. The number of carbonyl (C=O) groups is 1. The molecular formula is C16H20N2O. The summed E-state index contributed by atoms with van der Waals surface area (Å²) in [6, 6.07) is 10.4. The van der Waals surface area contributed by atoms with Crippen LogP contribution in [0.5, 0.6) is 0 Å². The predicted molar refractivity (Wildman–Crippen MR) is 74.6 cm³/mol. The first kappa shape index (κ1) is 13.6. The van der Waals surface area contributed by atoms with Crippen molar-refractivity contribution in [2.75, 3.05) is 6.54 Å². The fourth-order valence-electron chi connectivity index (χ4n) is 2.80. The lowest BCUT2D eigenvalue weighted by Gasteiger charge is -2.31. The van der Waals surface area contributed by atoms with Gasteiger partial charge in [0.15, 0.2) is 0 Å². The number of hydrogen-bond donors (Lipinski definition) is 0. The second kappa shape index (κ2) is 5.88. The molecule has 1 unspecified atom stereocenters. The van der Waals surface area contributed by atoms with Gasteiger partial charge in [0.1, 0.15) is 6.54 Å². The lowest BCUT2D eigenvalue weighted by molar-refractivity contribution is -0.134. The number of amides is 1. The minimum absolute atomic E-state index is 0.0688. The third-order valence-electron chi connectivity index (χ3n) is 3.81. The standard InChI is InChI=1S/C16H20N2O/c1-12(2)18(11-10-17)16(19)15-9-5-7-13-6-3-4-8-14(13)15/h3-4,6,8,12,15H,5,7,9,11H2,1-2H3. The molecule has 100 valence electrons. The van der Waals surface area contributed by atoms with Gasteiger partial charge in [0.2, 0.25) is 5.91 Å². The molecule has 1 aliphatic carbocycles. The van der Waals surface area contributed by atoms with Crippen molar-refractivity contribution in [3.63, 3.8) is 0 Å². The molecule has 0 aromatic heterocycles. The van der Waals surface area contributed by atoms with Crippen molar-refractivity contribution >= 4 is 5.91 Å². The first-order valence-electron chi connectivity index (χ1n) is 6.90. The largest absolute Gasteiger partial charge is 0.326 e. The predicted octanol–water partition coefficient (Wildman–Crippen LogP) is 2.87. The average Bonchev–Trinajstić information content (AvgIpc) is 2.43. The van der Waals surface area contributed by atoms with Crippen molar-refractivity contribution < 1.29 is 4.79 Å². The molecule has 0 heterocycles. The van der Waals surface area contributed by atoms with E-state index in [1.807, 2.05) is 26.0 Å². The molecule has 3 nitrogen and oxygen atoms in total. The number of nitrogens with zero attached hydrogens (tertiary/aromatic N) is 2. The van der Waals surface area contributed by atoms with Gasteiger partial charge >= 0.3 is 0 Å². The van der Waals surface area contributed by atoms with Crippen LogP contribution in [0.4, 0.5) is 0 Å².